The van der Waals surface area contributed by atoms with Gasteiger partial charge < -0.3 is 14.4 Å². The number of halogens is 4. The predicted octanol–water partition coefficient (Wildman–Crippen LogP) is 2.87. The molecule has 5 nitrogen and oxygen atoms in total. The van der Waals surface area contributed by atoms with Crippen LogP contribution < -0.4 is 10.5 Å². The molecule has 1 aromatic carbocycles. The molecule has 0 saturated carbocycles. The molecule has 0 unspecified atom stereocenters. The Balaban J connectivity index is 1.68. The van der Waals surface area contributed by atoms with Crippen LogP contribution in [0, 0.1) is 0 Å². The quantitative estimate of drug-likeness (QED) is 0.797. The fraction of sp³-hybridized carbons (Fsp3) is 0.333. The first kappa shape index (κ1) is 19.3. The Hall–Kier alpha value is -2.48. The van der Waals surface area contributed by atoms with Crippen LogP contribution >= 0.6 is 11.6 Å². The zero-order chi connectivity index (χ0) is 19.6. The molecular weight excluding hydrogens is 383 g/mol. The molecule has 1 saturated heterocycles. The number of amides is 1. The number of nitrogens with zero attached hydrogens (tertiary/aromatic N) is 3. The molecule has 1 fully saturated rings. The minimum Gasteiger partial charge on any atom is -0.368 e. The summed E-state index contributed by atoms with van der Waals surface area (Å²) < 4.78 is 39.4. The maximum atomic E-state index is 12.9. The van der Waals surface area contributed by atoms with E-state index in [1.807, 2.05) is 30.3 Å². The molecule has 9 heteroatoms. The van der Waals surface area contributed by atoms with Crippen molar-refractivity contribution in [2.45, 2.75) is 12.7 Å². The molecule has 0 atom stereocenters. The smallest absolute Gasteiger partial charge is 0.368 e. The van der Waals surface area contributed by atoms with Gasteiger partial charge in [-0.2, -0.15) is 13.2 Å². The highest BCUT2D eigenvalue weighted by molar-refractivity contribution is 6.30. The predicted molar refractivity (Wildman–Crippen MR) is 95.9 cm³/mol. The number of piperazine rings is 1. The molecule has 1 aliphatic rings. The van der Waals surface area contributed by atoms with Crippen LogP contribution in [0.5, 0.6) is 0 Å². The van der Waals surface area contributed by atoms with Crippen molar-refractivity contribution >= 4 is 23.2 Å². The minimum absolute atomic E-state index is 0.416. The molecule has 0 bridgehead atoms. The molecule has 27 heavy (non-hydrogen) atoms. The maximum absolute atomic E-state index is 12.9. The number of aromatic nitrogens is 1. The number of benzene rings is 1. The molecule has 0 N–H and O–H groups in total. The fourth-order valence-electron chi connectivity index (χ4n) is 2.97. The number of carbonyl (C=O) groups excluding carboxylic acids is 1. The third-order valence-electron chi connectivity index (χ3n) is 4.43. The van der Waals surface area contributed by atoms with Crippen LogP contribution in [-0.2, 0) is 17.5 Å². The van der Waals surface area contributed by atoms with Gasteiger partial charge in [0.25, 0.3) is 5.56 Å². The van der Waals surface area contributed by atoms with Crippen molar-refractivity contribution in [1.29, 1.82) is 0 Å². The summed E-state index contributed by atoms with van der Waals surface area (Å²) in [5, 5.41) is -0.563. The highest BCUT2D eigenvalue weighted by Gasteiger charge is 2.32. The van der Waals surface area contributed by atoms with Crippen molar-refractivity contribution in [3.8, 4) is 0 Å². The Morgan fingerprint density at radius 1 is 1.07 bits per heavy atom. The molecule has 0 spiro atoms. The Morgan fingerprint density at radius 3 is 2.30 bits per heavy atom. The number of rotatable bonds is 3. The number of anilines is 1. The number of para-hydroxylation sites is 1. The van der Waals surface area contributed by atoms with Crippen LogP contribution in [0.15, 0.2) is 47.4 Å². The Labute approximate surface area is 158 Å². The van der Waals surface area contributed by atoms with E-state index in [1.54, 1.807) is 4.90 Å². The zero-order valence-corrected chi connectivity index (χ0v) is 15.0. The monoisotopic (exact) mass is 399 g/mol. The van der Waals surface area contributed by atoms with E-state index >= 15 is 0 Å². The lowest BCUT2D eigenvalue weighted by Gasteiger charge is -2.36. The van der Waals surface area contributed by atoms with Gasteiger partial charge in [0.05, 0.1) is 5.56 Å². The molecule has 1 aromatic heterocycles. The fourth-order valence-corrected chi connectivity index (χ4v) is 3.20. The second-order valence-electron chi connectivity index (χ2n) is 6.21. The summed E-state index contributed by atoms with van der Waals surface area (Å²) in [6.45, 7) is 1.58. The second kappa shape index (κ2) is 7.64. The van der Waals surface area contributed by atoms with Crippen molar-refractivity contribution in [1.82, 2.24) is 9.47 Å². The Bertz CT molecular complexity index is 876. The van der Waals surface area contributed by atoms with Gasteiger partial charge in [-0.1, -0.05) is 29.8 Å². The maximum Gasteiger partial charge on any atom is 0.417 e. The molecular formula is C18H17ClF3N3O2. The first-order valence-corrected chi connectivity index (χ1v) is 8.68. The number of hydrogen-bond acceptors (Lipinski definition) is 3. The average molecular weight is 400 g/mol. The number of carbonyl (C=O) groups is 1. The van der Waals surface area contributed by atoms with E-state index in [0.717, 1.165) is 10.3 Å². The molecule has 144 valence electrons. The van der Waals surface area contributed by atoms with Gasteiger partial charge >= 0.3 is 6.18 Å². The molecule has 0 aliphatic carbocycles. The van der Waals surface area contributed by atoms with Crippen molar-refractivity contribution < 1.29 is 18.0 Å². The average Bonchev–Trinajstić information content (AvgIpc) is 2.65. The van der Waals surface area contributed by atoms with Gasteiger partial charge in [0, 0.05) is 38.1 Å². The van der Waals surface area contributed by atoms with E-state index in [9.17, 15) is 22.8 Å². The number of hydrogen-bond donors (Lipinski definition) is 0. The second-order valence-corrected chi connectivity index (χ2v) is 6.62. The molecule has 0 radical (unpaired) electrons. The minimum atomic E-state index is -4.65. The van der Waals surface area contributed by atoms with Gasteiger partial charge in [0.1, 0.15) is 11.6 Å². The molecule has 2 heterocycles. The van der Waals surface area contributed by atoms with Crippen LogP contribution in [0.3, 0.4) is 0 Å². The van der Waals surface area contributed by atoms with Gasteiger partial charge in [-0.3, -0.25) is 9.59 Å². The van der Waals surface area contributed by atoms with E-state index in [2.05, 4.69) is 4.90 Å². The summed E-state index contributed by atoms with van der Waals surface area (Å²) in [6.07, 6.45) is -4.02. The Morgan fingerprint density at radius 2 is 1.70 bits per heavy atom. The van der Waals surface area contributed by atoms with Crippen LogP contribution in [0.4, 0.5) is 18.9 Å². The topological polar surface area (TPSA) is 45.6 Å². The molecule has 1 aliphatic heterocycles. The number of alkyl halides is 3. The first-order chi connectivity index (χ1) is 12.8. The van der Waals surface area contributed by atoms with Crippen LogP contribution in [-0.4, -0.2) is 41.6 Å². The van der Waals surface area contributed by atoms with Crippen molar-refractivity contribution in [3.63, 3.8) is 0 Å². The SMILES string of the molecule is O=C(Cn1cc(C(F)(F)F)cc(Cl)c1=O)N1CCN(c2ccccc2)CC1. The third kappa shape index (κ3) is 4.44. The molecule has 2 aromatic rings. The summed E-state index contributed by atoms with van der Waals surface area (Å²) >= 11 is 5.62. The van der Waals surface area contributed by atoms with E-state index < -0.39 is 34.8 Å². The summed E-state index contributed by atoms with van der Waals surface area (Å²) in [6, 6.07) is 10.3. The summed E-state index contributed by atoms with van der Waals surface area (Å²) in [4.78, 5) is 28.1. The lowest BCUT2D eigenvalue weighted by molar-refractivity contribution is -0.138. The Kier molecular flexibility index (Phi) is 5.46. The van der Waals surface area contributed by atoms with E-state index in [0.29, 0.717) is 38.4 Å². The number of pyridine rings is 1. The van der Waals surface area contributed by atoms with Gasteiger partial charge in [-0.05, 0) is 18.2 Å². The normalized spacial score (nSPS) is 15.1. The zero-order valence-electron chi connectivity index (χ0n) is 14.2. The van der Waals surface area contributed by atoms with Gasteiger partial charge in [-0.25, -0.2) is 0 Å². The highest BCUT2D eigenvalue weighted by Crippen LogP contribution is 2.29. The lowest BCUT2D eigenvalue weighted by atomic mass is 10.2. The summed E-state index contributed by atoms with van der Waals surface area (Å²) in [7, 11) is 0. The van der Waals surface area contributed by atoms with Crippen LogP contribution in [0.2, 0.25) is 5.02 Å². The summed E-state index contributed by atoms with van der Waals surface area (Å²) in [5.41, 5.74) is -0.833. The van der Waals surface area contributed by atoms with Crippen molar-refractivity contribution in [2.75, 3.05) is 31.1 Å². The first-order valence-electron chi connectivity index (χ1n) is 8.30. The van der Waals surface area contributed by atoms with E-state index in [-0.39, 0.29) is 0 Å². The van der Waals surface area contributed by atoms with Gasteiger partial charge in [0.2, 0.25) is 5.91 Å². The largest absolute Gasteiger partial charge is 0.417 e. The third-order valence-corrected chi connectivity index (χ3v) is 4.70. The van der Waals surface area contributed by atoms with E-state index in [4.69, 9.17) is 11.6 Å². The van der Waals surface area contributed by atoms with Crippen LogP contribution in [0.1, 0.15) is 5.56 Å². The highest BCUT2D eigenvalue weighted by atomic mass is 35.5. The van der Waals surface area contributed by atoms with E-state index in [1.165, 1.54) is 0 Å². The van der Waals surface area contributed by atoms with Crippen molar-refractivity contribution in [3.05, 3.63) is 63.5 Å². The summed E-state index contributed by atoms with van der Waals surface area (Å²) in [5.74, 6) is -0.416. The van der Waals surface area contributed by atoms with Crippen molar-refractivity contribution in [2.24, 2.45) is 0 Å². The van der Waals surface area contributed by atoms with Gasteiger partial charge in [-0.15, -0.1) is 0 Å². The lowest BCUT2D eigenvalue weighted by Crippen LogP contribution is -2.50. The molecule has 1 amide bonds. The standard InChI is InChI=1S/C18H17ClF3N3O2/c19-15-10-13(18(20,21)22)11-25(17(15)27)12-16(26)24-8-6-23(7-9-24)14-4-2-1-3-5-14/h1-5,10-11H,6-9,12H2. The molecule has 3 rings (SSSR count). The van der Waals surface area contributed by atoms with Crippen LogP contribution in [0.25, 0.3) is 0 Å². The van der Waals surface area contributed by atoms with Gasteiger partial charge in [0.15, 0.2) is 0 Å².